The van der Waals surface area contributed by atoms with Crippen LogP contribution in [0, 0.1) is 11.3 Å². The molecule has 0 aliphatic heterocycles. The summed E-state index contributed by atoms with van der Waals surface area (Å²) in [4.78, 5) is 12.0. The lowest BCUT2D eigenvalue weighted by molar-refractivity contribution is 0.0976. The topological polar surface area (TPSA) is 61.1 Å². The van der Waals surface area contributed by atoms with Crippen molar-refractivity contribution in [2.24, 2.45) is 0 Å². The van der Waals surface area contributed by atoms with Gasteiger partial charge in [-0.1, -0.05) is 54.6 Å². The van der Waals surface area contributed by atoms with E-state index in [1.807, 2.05) is 36.4 Å². The van der Waals surface area contributed by atoms with E-state index in [-0.39, 0.29) is 5.76 Å². The number of ketones is 1. The Morgan fingerprint density at radius 1 is 0.952 bits per heavy atom. The highest BCUT2D eigenvalue weighted by molar-refractivity contribution is 6.18. The van der Waals surface area contributed by atoms with Crippen molar-refractivity contribution in [3.63, 3.8) is 0 Å². The maximum Gasteiger partial charge on any atom is 0.227 e. The molecule has 0 saturated heterocycles. The van der Waals surface area contributed by atoms with Gasteiger partial charge in [0.25, 0.3) is 0 Å². The average Bonchev–Trinajstić information content (AvgIpc) is 2.54. The van der Waals surface area contributed by atoms with Crippen molar-refractivity contribution in [3.8, 4) is 6.07 Å². The molecule has 0 unspecified atom stereocenters. The molecule has 0 fully saturated rings. The van der Waals surface area contributed by atoms with Gasteiger partial charge in [0, 0.05) is 11.1 Å². The Morgan fingerprint density at radius 3 is 2.24 bits per heavy atom. The second-order valence-electron chi connectivity index (χ2n) is 4.67. The van der Waals surface area contributed by atoms with E-state index in [4.69, 9.17) is 0 Å². The number of carbonyl (C=O) groups is 1. The minimum Gasteiger partial charge on any atom is -0.504 e. The molecule has 3 heteroatoms. The van der Waals surface area contributed by atoms with Gasteiger partial charge in [-0.3, -0.25) is 4.79 Å². The highest BCUT2D eigenvalue weighted by Crippen LogP contribution is 2.34. The molecule has 1 aliphatic carbocycles. The lowest BCUT2D eigenvalue weighted by atomic mass is 9.86. The van der Waals surface area contributed by atoms with E-state index in [1.165, 1.54) is 6.08 Å². The zero-order valence-electron chi connectivity index (χ0n) is 11.1. The van der Waals surface area contributed by atoms with Crippen molar-refractivity contribution in [1.29, 1.82) is 5.26 Å². The lowest BCUT2D eigenvalue weighted by Crippen LogP contribution is -2.11. The monoisotopic (exact) mass is 273 g/mol. The van der Waals surface area contributed by atoms with Crippen molar-refractivity contribution in [2.75, 3.05) is 0 Å². The van der Waals surface area contributed by atoms with Crippen LogP contribution in [-0.4, -0.2) is 10.9 Å². The molecule has 2 aromatic rings. The van der Waals surface area contributed by atoms with Gasteiger partial charge in [-0.2, -0.15) is 5.26 Å². The molecule has 0 heterocycles. The molecule has 0 saturated carbocycles. The minimum absolute atomic E-state index is 0.340. The summed E-state index contributed by atoms with van der Waals surface area (Å²) in [7, 11) is 0. The first kappa shape index (κ1) is 12.9. The lowest BCUT2D eigenvalue weighted by Gasteiger charge is -2.16. The van der Waals surface area contributed by atoms with Gasteiger partial charge in [0.2, 0.25) is 5.78 Å². The Hall–Kier alpha value is -3.12. The molecular formula is C18H11NO2. The number of rotatable bonds is 1. The number of nitrogens with zero attached hydrogens (tertiary/aromatic N) is 1. The Labute approximate surface area is 122 Å². The number of carbonyl (C=O) groups excluding carboxylic acids is 1. The van der Waals surface area contributed by atoms with E-state index in [9.17, 15) is 15.2 Å². The number of hydrogen-bond acceptors (Lipinski definition) is 3. The maximum atomic E-state index is 12.0. The van der Waals surface area contributed by atoms with E-state index >= 15 is 0 Å². The van der Waals surface area contributed by atoms with Crippen molar-refractivity contribution in [2.45, 2.75) is 0 Å². The van der Waals surface area contributed by atoms with Crippen molar-refractivity contribution in [1.82, 2.24) is 0 Å². The minimum atomic E-state index is -0.417. The summed E-state index contributed by atoms with van der Waals surface area (Å²) in [6, 6.07) is 18.4. The molecule has 3 rings (SSSR count). The fourth-order valence-corrected chi connectivity index (χ4v) is 2.43. The van der Waals surface area contributed by atoms with E-state index in [0.717, 1.165) is 5.56 Å². The summed E-state index contributed by atoms with van der Waals surface area (Å²) in [6.45, 7) is 0. The molecule has 0 atom stereocenters. The van der Waals surface area contributed by atoms with E-state index in [1.54, 1.807) is 18.2 Å². The molecule has 1 aliphatic rings. The third-order valence-electron chi connectivity index (χ3n) is 3.42. The van der Waals surface area contributed by atoms with Crippen molar-refractivity contribution >= 4 is 16.9 Å². The van der Waals surface area contributed by atoms with Crippen LogP contribution in [0.1, 0.15) is 21.5 Å². The molecule has 0 radical (unpaired) electrons. The Kier molecular flexibility index (Phi) is 3.13. The molecule has 2 aromatic carbocycles. The normalized spacial score (nSPS) is 15.8. The van der Waals surface area contributed by atoms with Crippen LogP contribution in [0.25, 0.3) is 11.1 Å². The van der Waals surface area contributed by atoms with Crippen LogP contribution in [0.5, 0.6) is 0 Å². The van der Waals surface area contributed by atoms with E-state index in [2.05, 4.69) is 6.07 Å². The fourth-order valence-electron chi connectivity index (χ4n) is 2.43. The molecule has 100 valence electrons. The third kappa shape index (κ3) is 2.13. The molecule has 0 spiro atoms. The fraction of sp³-hybridized carbons (Fsp3) is 0. The highest BCUT2D eigenvalue weighted by atomic mass is 16.3. The molecule has 21 heavy (non-hydrogen) atoms. The summed E-state index contributed by atoms with van der Waals surface area (Å²) >= 11 is 0. The van der Waals surface area contributed by atoms with Crippen LogP contribution in [-0.2, 0) is 0 Å². The van der Waals surface area contributed by atoms with Gasteiger partial charge in [-0.15, -0.1) is 0 Å². The molecule has 0 aromatic heterocycles. The van der Waals surface area contributed by atoms with Crippen LogP contribution < -0.4 is 0 Å². The molecule has 3 nitrogen and oxygen atoms in total. The first-order valence-corrected chi connectivity index (χ1v) is 6.47. The molecule has 0 bridgehead atoms. The van der Waals surface area contributed by atoms with Gasteiger partial charge in [0.15, 0.2) is 5.76 Å². The number of fused-ring (bicyclic) bond motifs is 1. The molecule has 0 amide bonds. The first-order valence-electron chi connectivity index (χ1n) is 6.47. The van der Waals surface area contributed by atoms with Crippen molar-refractivity contribution in [3.05, 3.63) is 83.1 Å². The SMILES string of the molecule is N#C/C(=C1\C=C(O)C(=O)c2ccccc21)c1ccccc1. The quantitative estimate of drug-likeness (QED) is 0.805. The molecule has 1 N–H and O–H groups in total. The van der Waals surface area contributed by atoms with Gasteiger partial charge >= 0.3 is 0 Å². The van der Waals surface area contributed by atoms with Gasteiger partial charge in [0.05, 0.1) is 5.57 Å². The second-order valence-corrected chi connectivity index (χ2v) is 4.67. The third-order valence-corrected chi connectivity index (χ3v) is 3.42. The number of allylic oxidation sites excluding steroid dienone is 4. The zero-order chi connectivity index (χ0) is 14.8. The van der Waals surface area contributed by atoms with Gasteiger partial charge < -0.3 is 5.11 Å². The van der Waals surface area contributed by atoms with Gasteiger partial charge in [0.1, 0.15) is 6.07 Å². The smallest absolute Gasteiger partial charge is 0.227 e. The van der Waals surface area contributed by atoms with Crippen LogP contribution in [0.15, 0.2) is 66.4 Å². The predicted octanol–water partition coefficient (Wildman–Crippen LogP) is 3.76. The number of hydrogen-bond donors (Lipinski definition) is 1. The zero-order valence-corrected chi connectivity index (χ0v) is 11.1. The Morgan fingerprint density at radius 2 is 1.57 bits per heavy atom. The van der Waals surface area contributed by atoms with E-state index < -0.39 is 5.78 Å². The summed E-state index contributed by atoms with van der Waals surface area (Å²) in [5.41, 5.74) is 2.83. The Bertz CT molecular complexity index is 824. The predicted molar refractivity (Wildman–Crippen MR) is 80.4 cm³/mol. The number of aliphatic hydroxyl groups excluding tert-OH is 1. The summed E-state index contributed by atoms with van der Waals surface area (Å²) in [5.74, 6) is -0.757. The van der Waals surface area contributed by atoms with Crippen molar-refractivity contribution < 1.29 is 9.90 Å². The summed E-state index contributed by atoms with van der Waals surface area (Å²) in [5, 5.41) is 19.4. The summed E-state index contributed by atoms with van der Waals surface area (Å²) in [6.07, 6.45) is 1.37. The number of nitriles is 1. The van der Waals surface area contributed by atoms with Crippen LogP contribution in [0.2, 0.25) is 0 Å². The standard InChI is InChI=1S/C18H11NO2/c19-11-16(12-6-2-1-3-7-12)15-10-17(20)18(21)14-9-5-4-8-13(14)15/h1-10,20H/b16-15-. The van der Waals surface area contributed by atoms with Crippen LogP contribution in [0.4, 0.5) is 0 Å². The number of aliphatic hydroxyl groups is 1. The first-order chi connectivity index (χ1) is 10.2. The largest absolute Gasteiger partial charge is 0.504 e. The van der Waals surface area contributed by atoms with Crippen LogP contribution >= 0.6 is 0 Å². The Balaban J connectivity index is 2.33. The second kappa shape index (κ2) is 5.10. The van der Waals surface area contributed by atoms with Crippen LogP contribution in [0.3, 0.4) is 0 Å². The number of Topliss-reactive ketones (excluding diaryl/α,β-unsaturated/α-hetero) is 1. The van der Waals surface area contributed by atoms with Gasteiger partial charge in [-0.25, -0.2) is 0 Å². The summed E-state index contributed by atoms with van der Waals surface area (Å²) < 4.78 is 0. The number of benzene rings is 2. The maximum absolute atomic E-state index is 12.0. The van der Waals surface area contributed by atoms with Gasteiger partial charge in [-0.05, 0) is 17.2 Å². The highest BCUT2D eigenvalue weighted by Gasteiger charge is 2.24. The molecular weight excluding hydrogens is 262 g/mol. The van der Waals surface area contributed by atoms with E-state index in [0.29, 0.717) is 22.3 Å². The average molecular weight is 273 g/mol.